The van der Waals surface area contributed by atoms with Crippen molar-refractivity contribution in [3.8, 4) is 0 Å². The molecule has 15 heavy (non-hydrogen) atoms. The molecule has 0 aliphatic carbocycles. The third-order valence-electron chi connectivity index (χ3n) is 1.55. The summed E-state index contributed by atoms with van der Waals surface area (Å²) in [5.74, 6) is -1.73. The van der Waals surface area contributed by atoms with Gasteiger partial charge in [-0.3, -0.25) is 4.79 Å². The first-order valence-corrected chi connectivity index (χ1v) is 5.47. The maximum absolute atomic E-state index is 11.2. The fraction of sp³-hybridized carbons (Fsp3) is 0.111. The molecule has 0 fully saturated rings. The van der Waals surface area contributed by atoms with Crippen LogP contribution in [0, 0.1) is 0 Å². The van der Waals surface area contributed by atoms with E-state index in [9.17, 15) is 9.59 Å². The predicted octanol–water partition coefficient (Wildman–Crippen LogP) is 2.32. The van der Waals surface area contributed by atoms with E-state index < -0.39 is 11.9 Å². The van der Waals surface area contributed by atoms with Crippen molar-refractivity contribution >= 4 is 49.4 Å². The summed E-state index contributed by atoms with van der Waals surface area (Å²) in [4.78, 5) is 22.0. The molecule has 0 radical (unpaired) electrons. The van der Waals surface area contributed by atoms with Crippen LogP contribution in [-0.4, -0.2) is 19.0 Å². The number of esters is 1. The summed E-state index contributed by atoms with van der Waals surface area (Å²) in [5.41, 5.74) is 0.508. The average Bonchev–Trinajstić information content (AvgIpc) is 2.20. The van der Waals surface area contributed by atoms with Gasteiger partial charge in [-0.05, 0) is 34.1 Å². The largest absolute Gasteiger partial charge is 0.462 e. The van der Waals surface area contributed by atoms with Gasteiger partial charge >= 0.3 is 11.9 Å². The van der Waals surface area contributed by atoms with Gasteiger partial charge in [-0.1, -0.05) is 15.9 Å². The predicted molar refractivity (Wildman–Crippen MR) is 62.5 cm³/mol. The zero-order chi connectivity index (χ0) is 11.4. The molecule has 0 saturated heterocycles. The molecule has 1 aromatic rings. The van der Waals surface area contributed by atoms with Crippen LogP contribution in [-0.2, 0) is 14.3 Å². The van der Waals surface area contributed by atoms with Gasteiger partial charge in [-0.25, -0.2) is 4.79 Å². The standard InChI is InChI=1S/C9H7Br2NO3/c1-15-9(14)8(13)12-7-3-2-5(10)4-6(7)11/h2-4H,1H3,(H,12,13). The molecule has 1 N–H and O–H groups in total. The first-order valence-electron chi connectivity index (χ1n) is 3.89. The monoisotopic (exact) mass is 335 g/mol. The molecule has 4 nitrogen and oxygen atoms in total. The van der Waals surface area contributed by atoms with E-state index in [0.29, 0.717) is 10.2 Å². The molecule has 80 valence electrons. The second-order valence-electron chi connectivity index (χ2n) is 2.57. The Bertz CT molecular complexity index is 406. The molecule has 0 aliphatic rings. The highest BCUT2D eigenvalue weighted by Gasteiger charge is 2.14. The third-order valence-corrected chi connectivity index (χ3v) is 2.70. The number of rotatable bonds is 1. The van der Waals surface area contributed by atoms with Crippen molar-refractivity contribution in [3.05, 3.63) is 27.1 Å². The number of amides is 1. The minimum Gasteiger partial charge on any atom is -0.462 e. The molecule has 0 unspecified atom stereocenters. The zero-order valence-corrected chi connectivity index (χ0v) is 10.9. The summed E-state index contributed by atoms with van der Waals surface area (Å²) in [6.07, 6.45) is 0. The average molecular weight is 337 g/mol. The number of nitrogens with one attached hydrogen (secondary N) is 1. The minimum atomic E-state index is -0.926. The van der Waals surface area contributed by atoms with Crippen molar-refractivity contribution in [2.24, 2.45) is 0 Å². The highest BCUT2D eigenvalue weighted by Crippen LogP contribution is 2.25. The molecular formula is C9H7Br2NO3. The first kappa shape index (κ1) is 12.2. The van der Waals surface area contributed by atoms with Gasteiger partial charge in [0.2, 0.25) is 0 Å². The SMILES string of the molecule is COC(=O)C(=O)Nc1ccc(Br)cc1Br. The number of benzene rings is 1. The van der Waals surface area contributed by atoms with E-state index in [4.69, 9.17) is 0 Å². The maximum Gasteiger partial charge on any atom is 0.396 e. The van der Waals surface area contributed by atoms with Crippen LogP contribution in [0.1, 0.15) is 0 Å². The fourth-order valence-electron chi connectivity index (χ4n) is 0.857. The van der Waals surface area contributed by atoms with E-state index in [0.717, 1.165) is 11.6 Å². The Morgan fingerprint density at radius 1 is 1.33 bits per heavy atom. The first-order chi connectivity index (χ1) is 7.04. The van der Waals surface area contributed by atoms with Crippen LogP contribution < -0.4 is 5.32 Å². The van der Waals surface area contributed by atoms with Crippen molar-refractivity contribution in [3.63, 3.8) is 0 Å². The van der Waals surface area contributed by atoms with Crippen LogP contribution in [0.4, 0.5) is 5.69 Å². The third kappa shape index (κ3) is 3.32. The van der Waals surface area contributed by atoms with Crippen LogP contribution in [0.25, 0.3) is 0 Å². The molecule has 1 rings (SSSR count). The van der Waals surface area contributed by atoms with Gasteiger partial charge in [0.05, 0.1) is 12.8 Å². The number of carbonyl (C=O) groups excluding carboxylic acids is 2. The Hall–Kier alpha value is -0.880. The molecule has 0 bridgehead atoms. The molecular weight excluding hydrogens is 330 g/mol. The summed E-state index contributed by atoms with van der Waals surface area (Å²) < 4.78 is 5.81. The molecule has 0 aliphatic heterocycles. The van der Waals surface area contributed by atoms with Crippen molar-refractivity contribution in [2.45, 2.75) is 0 Å². The number of hydrogen-bond donors (Lipinski definition) is 1. The Kier molecular flexibility index (Phi) is 4.28. The molecule has 0 heterocycles. The lowest BCUT2D eigenvalue weighted by Gasteiger charge is -2.05. The van der Waals surface area contributed by atoms with Crippen LogP contribution in [0.15, 0.2) is 27.1 Å². The summed E-state index contributed by atoms with van der Waals surface area (Å²) in [7, 11) is 1.15. The second kappa shape index (κ2) is 5.27. The molecule has 0 spiro atoms. The molecule has 1 aromatic carbocycles. The summed E-state index contributed by atoms with van der Waals surface area (Å²) in [5, 5.41) is 2.41. The Labute approximate surface area is 103 Å². The normalized spacial score (nSPS) is 9.53. The van der Waals surface area contributed by atoms with E-state index >= 15 is 0 Å². The lowest BCUT2D eigenvalue weighted by Crippen LogP contribution is -2.23. The van der Waals surface area contributed by atoms with E-state index in [1.54, 1.807) is 18.2 Å². The molecule has 6 heteroatoms. The van der Waals surface area contributed by atoms with E-state index in [1.807, 2.05) is 0 Å². The highest BCUT2D eigenvalue weighted by atomic mass is 79.9. The lowest BCUT2D eigenvalue weighted by atomic mass is 10.3. The summed E-state index contributed by atoms with van der Waals surface area (Å²) in [6, 6.07) is 5.17. The van der Waals surface area contributed by atoms with Gasteiger partial charge in [0, 0.05) is 8.95 Å². The summed E-state index contributed by atoms with van der Waals surface area (Å²) in [6.45, 7) is 0. The van der Waals surface area contributed by atoms with Crippen LogP contribution in [0.5, 0.6) is 0 Å². The van der Waals surface area contributed by atoms with Crippen molar-refractivity contribution in [1.82, 2.24) is 0 Å². The smallest absolute Gasteiger partial charge is 0.396 e. The quantitative estimate of drug-likeness (QED) is 0.632. The van der Waals surface area contributed by atoms with Gasteiger partial charge in [0.15, 0.2) is 0 Å². The van der Waals surface area contributed by atoms with Gasteiger partial charge < -0.3 is 10.1 Å². The van der Waals surface area contributed by atoms with Crippen LogP contribution in [0.3, 0.4) is 0 Å². The number of methoxy groups -OCH3 is 1. The fourth-order valence-corrected chi connectivity index (χ4v) is 2.00. The Balaban J connectivity index is 2.81. The van der Waals surface area contributed by atoms with Gasteiger partial charge in [-0.15, -0.1) is 0 Å². The minimum absolute atomic E-state index is 0.508. The molecule has 0 aromatic heterocycles. The summed E-state index contributed by atoms with van der Waals surface area (Å²) >= 11 is 6.52. The zero-order valence-electron chi connectivity index (χ0n) is 7.71. The molecule has 0 saturated carbocycles. The number of hydrogen-bond acceptors (Lipinski definition) is 3. The molecule has 0 atom stereocenters. The lowest BCUT2D eigenvalue weighted by molar-refractivity contribution is -0.150. The van der Waals surface area contributed by atoms with Gasteiger partial charge in [0.1, 0.15) is 0 Å². The van der Waals surface area contributed by atoms with Crippen molar-refractivity contribution < 1.29 is 14.3 Å². The number of ether oxygens (including phenoxy) is 1. The second-order valence-corrected chi connectivity index (χ2v) is 4.34. The van der Waals surface area contributed by atoms with Gasteiger partial charge in [-0.2, -0.15) is 0 Å². The van der Waals surface area contributed by atoms with E-state index in [1.165, 1.54) is 0 Å². The highest BCUT2D eigenvalue weighted by molar-refractivity contribution is 9.11. The number of carbonyl (C=O) groups is 2. The topological polar surface area (TPSA) is 55.4 Å². The van der Waals surface area contributed by atoms with Gasteiger partial charge in [0.25, 0.3) is 0 Å². The van der Waals surface area contributed by atoms with E-state index in [-0.39, 0.29) is 0 Å². The van der Waals surface area contributed by atoms with Crippen LogP contribution >= 0.6 is 31.9 Å². The Morgan fingerprint density at radius 3 is 2.53 bits per heavy atom. The Morgan fingerprint density at radius 2 is 2.00 bits per heavy atom. The number of halogens is 2. The maximum atomic E-state index is 11.2. The molecule has 1 amide bonds. The van der Waals surface area contributed by atoms with Crippen molar-refractivity contribution in [2.75, 3.05) is 12.4 Å². The number of anilines is 1. The van der Waals surface area contributed by atoms with Crippen LogP contribution in [0.2, 0.25) is 0 Å². The van der Waals surface area contributed by atoms with E-state index in [2.05, 4.69) is 41.9 Å². The van der Waals surface area contributed by atoms with Crippen molar-refractivity contribution in [1.29, 1.82) is 0 Å².